The van der Waals surface area contributed by atoms with Crippen LogP contribution < -0.4 is 10.1 Å². The van der Waals surface area contributed by atoms with E-state index in [1.165, 1.54) is 10.4 Å². The van der Waals surface area contributed by atoms with Crippen LogP contribution in [0.4, 0.5) is 0 Å². The highest BCUT2D eigenvalue weighted by molar-refractivity contribution is 7.10. The maximum Gasteiger partial charge on any atom is 0.134 e. The number of rotatable bonds is 7. The molecular weight excluding hydrogens is 290 g/mol. The van der Waals surface area contributed by atoms with Crippen molar-refractivity contribution >= 4 is 22.9 Å². The Balaban J connectivity index is 2.17. The van der Waals surface area contributed by atoms with Crippen molar-refractivity contribution in [3.05, 3.63) is 51.2 Å². The van der Waals surface area contributed by atoms with Crippen molar-refractivity contribution in [2.24, 2.45) is 0 Å². The normalized spacial score (nSPS) is 12.3. The Kier molecular flexibility index (Phi) is 5.89. The molecule has 0 aliphatic carbocycles. The standard InChI is InChI=1S/C16H20ClNOS/c1-3-9-18-14(16-15(19-2)8-10-20-16)11-12-4-6-13(17)7-5-12/h4-8,10,14,18H,3,9,11H2,1-2H3. The molecule has 1 heterocycles. The summed E-state index contributed by atoms with van der Waals surface area (Å²) in [6, 6.07) is 10.4. The van der Waals surface area contributed by atoms with Crippen molar-refractivity contribution < 1.29 is 4.74 Å². The number of hydrogen-bond acceptors (Lipinski definition) is 3. The number of benzene rings is 1. The molecule has 1 atom stereocenters. The molecule has 0 bridgehead atoms. The van der Waals surface area contributed by atoms with E-state index in [-0.39, 0.29) is 6.04 Å². The van der Waals surface area contributed by atoms with Gasteiger partial charge in [-0.25, -0.2) is 0 Å². The van der Waals surface area contributed by atoms with Crippen LogP contribution in [0, 0.1) is 0 Å². The van der Waals surface area contributed by atoms with E-state index in [1.807, 2.05) is 18.2 Å². The summed E-state index contributed by atoms with van der Waals surface area (Å²) < 4.78 is 5.45. The summed E-state index contributed by atoms with van der Waals surface area (Å²) in [5.74, 6) is 0.970. The maximum atomic E-state index is 5.95. The topological polar surface area (TPSA) is 21.3 Å². The second kappa shape index (κ2) is 7.67. The lowest BCUT2D eigenvalue weighted by Gasteiger charge is -2.19. The van der Waals surface area contributed by atoms with E-state index in [0.29, 0.717) is 0 Å². The summed E-state index contributed by atoms with van der Waals surface area (Å²) in [6.45, 7) is 3.18. The quantitative estimate of drug-likeness (QED) is 0.801. The van der Waals surface area contributed by atoms with Crippen molar-refractivity contribution in [1.82, 2.24) is 5.32 Å². The summed E-state index contributed by atoms with van der Waals surface area (Å²) in [4.78, 5) is 1.26. The Bertz CT molecular complexity index is 524. The third kappa shape index (κ3) is 3.98. The van der Waals surface area contributed by atoms with Crippen LogP contribution in [0.15, 0.2) is 35.7 Å². The average Bonchev–Trinajstić information content (AvgIpc) is 2.94. The van der Waals surface area contributed by atoms with Crippen LogP contribution in [-0.2, 0) is 6.42 Å². The average molecular weight is 310 g/mol. The minimum atomic E-state index is 0.283. The van der Waals surface area contributed by atoms with Crippen molar-refractivity contribution in [3.63, 3.8) is 0 Å². The van der Waals surface area contributed by atoms with Crippen LogP contribution in [0.5, 0.6) is 5.75 Å². The van der Waals surface area contributed by atoms with Gasteiger partial charge in [-0.3, -0.25) is 0 Å². The first-order chi connectivity index (χ1) is 9.74. The molecule has 20 heavy (non-hydrogen) atoms. The zero-order valence-corrected chi connectivity index (χ0v) is 13.4. The highest BCUT2D eigenvalue weighted by Gasteiger charge is 2.17. The van der Waals surface area contributed by atoms with Crippen LogP contribution in [0.2, 0.25) is 5.02 Å². The summed E-state index contributed by atoms with van der Waals surface area (Å²) in [6.07, 6.45) is 2.05. The molecule has 108 valence electrons. The number of halogens is 1. The van der Waals surface area contributed by atoms with Gasteiger partial charge < -0.3 is 10.1 Å². The summed E-state index contributed by atoms with van der Waals surface area (Å²) in [5.41, 5.74) is 1.28. The molecule has 0 fully saturated rings. The second-order valence-corrected chi connectivity index (χ2v) is 6.07. The van der Waals surface area contributed by atoms with Gasteiger partial charge in [-0.1, -0.05) is 30.7 Å². The predicted octanol–water partition coefficient (Wildman–Crippen LogP) is 4.69. The highest BCUT2D eigenvalue weighted by atomic mass is 35.5. The van der Waals surface area contributed by atoms with Crippen LogP contribution >= 0.6 is 22.9 Å². The molecular formula is C16H20ClNOS. The van der Waals surface area contributed by atoms with Crippen LogP contribution in [0.3, 0.4) is 0 Å². The van der Waals surface area contributed by atoms with Gasteiger partial charge in [0.25, 0.3) is 0 Å². The largest absolute Gasteiger partial charge is 0.496 e. The molecule has 1 aromatic carbocycles. The Hall–Kier alpha value is -1.03. The summed E-state index contributed by atoms with van der Waals surface area (Å²) >= 11 is 7.69. The molecule has 1 unspecified atom stereocenters. The third-order valence-corrected chi connectivity index (χ3v) is 4.45. The Morgan fingerprint density at radius 2 is 2.00 bits per heavy atom. The van der Waals surface area contributed by atoms with E-state index in [2.05, 4.69) is 29.8 Å². The van der Waals surface area contributed by atoms with Gasteiger partial charge in [0.05, 0.1) is 12.0 Å². The van der Waals surface area contributed by atoms with Crippen LogP contribution in [0.25, 0.3) is 0 Å². The van der Waals surface area contributed by atoms with Crippen molar-refractivity contribution in [1.29, 1.82) is 0 Å². The molecule has 1 aromatic heterocycles. The number of methoxy groups -OCH3 is 1. The zero-order valence-electron chi connectivity index (χ0n) is 11.9. The fourth-order valence-corrected chi connectivity index (χ4v) is 3.23. The number of ether oxygens (including phenoxy) is 1. The summed E-state index contributed by atoms with van der Waals surface area (Å²) in [7, 11) is 1.73. The monoisotopic (exact) mass is 309 g/mol. The second-order valence-electron chi connectivity index (χ2n) is 4.69. The molecule has 2 nitrogen and oxygen atoms in total. The minimum absolute atomic E-state index is 0.283. The van der Waals surface area contributed by atoms with E-state index in [4.69, 9.17) is 16.3 Å². The van der Waals surface area contributed by atoms with E-state index >= 15 is 0 Å². The smallest absolute Gasteiger partial charge is 0.134 e. The van der Waals surface area contributed by atoms with Gasteiger partial charge in [0.1, 0.15) is 5.75 Å². The molecule has 0 saturated carbocycles. The maximum absolute atomic E-state index is 5.95. The molecule has 1 N–H and O–H groups in total. The van der Waals surface area contributed by atoms with Gasteiger partial charge in [-0.15, -0.1) is 11.3 Å². The Labute approximate surface area is 129 Å². The first-order valence-corrected chi connectivity index (χ1v) is 8.09. The molecule has 4 heteroatoms. The van der Waals surface area contributed by atoms with E-state index in [0.717, 1.165) is 30.2 Å². The van der Waals surface area contributed by atoms with Gasteiger partial charge in [-0.05, 0) is 48.5 Å². The van der Waals surface area contributed by atoms with Gasteiger partial charge >= 0.3 is 0 Å². The van der Waals surface area contributed by atoms with Gasteiger partial charge in [0, 0.05) is 11.1 Å². The summed E-state index contributed by atoms with van der Waals surface area (Å²) in [5, 5.41) is 6.47. The lowest BCUT2D eigenvalue weighted by Crippen LogP contribution is -2.23. The lowest BCUT2D eigenvalue weighted by atomic mass is 10.0. The van der Waals surface area contributed by atoms with Gasteiger partial charge in [-0.2, -0.15) is 0 Å². The molecule has 0 saturated heterocycles. The highest BCUT2D eigenvalue weighted by Crippen LogP contribution is 2.33. The first kappa shape index (κ1) is 15.4. The molecule has 0 aliphatic heterocycles. The molecule has 2 rings (SSSR count). The molecule has 0 radical (unpaired) electrons. The van der Waals surface area contributed by atoms with Crippen molar-refractivity contribution in [2.45, 2.75) is 25.8 Å². The first-order valence-electron chi connectivity index (χ1n) is 6.83. The van der Waals surface area contributed by atoms with Crippen molar-refractivity contribution in [3.8, 4) is 5.75 Å². The van der Waals surface area contributed by atoms with Crippen LogP contribution in [-0.4, -0.2) is 13.7 Å². The molecule has 0 aliphatic rings. The molecule has 0 spiro atoms. The number of thiophene rings is 1. The molecule has 2 aromatic rings. The fourth-order valence-electron chi connectivity index (χ4n) is 2.16. The lowest BCUT2D eigenvalue weighted by molar-refractivity contribution is 0.402. The number of hydrogen-bond donors (Lipinski definition) is 1. The minimum Gasteiger partial charge on any atom is -0.496 e. The number of nitrogens with one attached hydrogen (secondary N) is 1. The fraction of sp³-hybridized carbons (Fsp3) is 0.375. The van der Waals surface area contributed by atoms with E-state index in [9.17, 15) is 0 Å². The van der Waals surface area contributed by atoms with Crippen molar-refractivity contribution in [2.75, 3.05) is 13.7 Å². The van der Waals surface area contributed by atoms with E-state index in [1.54, 1.807) is 18.4 Å². The van der Waals surface area contributed by atoms with Crippen LogP contribution in [0.1, 0.15) is 29.8 Å². The SMILES string of the molecule is CCCNC(Cc1ccc(Cl)cc1)c1sccc1OC. The van der Waals surface area contributed by atoms with Gasteiger partial charge in [0.15, 0.2) is 0 Å². The third-order valence-electron chi connectivity index (χ3n) is 3.19. The predicted molar refractivity (Wildman–Crippen MR) is 87.1 cm³/mol. The van der Waals surface area contributed by atoms with Gasteiger partial charge in [0.2, 0.25) is 0 Å². The molecule has 0 amide bonds. The van der Waals surface area contributed by atoms with E-state index < -0.39 is 0 Å². The Morgan fingerprint density at radius 3 is 2.65 bits per heavy atom. The zero-order chi connectivity index (χ0) is 14.4. The Morgan fingerprint density at radius 1 is 1.25 bits per heavy atom.